The summed E-state index contributed by atoms with van der Waals surface area (Å²) in [5, 5.41) is 15.0. The van der Waals surface area contributed by atoms with Crippen LogP contribution in [0.15, 0.2) is 0 Å². The standard InChI is InChI=1S/C29H59N5O2/c1-6-34(7-2)17-19-35-27-14-12-26(13-15-27)33-28-31-21-25(22-32-28)24-10-8-23(9-11-24)20-30-16-18-36-29(3,4)5/h23-28,30-33H,6-22H2,1-5H3. The molecule has 36 heavy (non-hydrogen) atoms. The van der Waals surface area contributed by atoms with Gasteiger partial charge in [0.1, 0.15) is 6.29 Å². The van der Waals surface area contributed by atoms with E-state index in [1.165, 1.54) is 51.4 Å². The van der Waals surface area contributed by atoms with Crippen molar-refractivity contribution in [1.29, 1.82) is 0 Å². The van der Waals surface area contributed by atoms with Crippen LogP contribution in [0.1, 0.15) is 86.0 Å². The molecule has 2 aliphatic carbocycles. The van der Waals surface area contributed by atoms with Gasteiger partial charge in [0.2, 0.25) is 0 Å². The molecule has 3 aliphatic rings. The van der Waals surface area contributed by atoms with Crippen LogP contribution >= 0.6 is 0 Å². The average Bonchev–Trinajstić information content (AvgIpc) is 2.88. The van der Waals surface area contributed by atoms with Gasteiger partial charge < -0.3 is 19.7 Å². The van der Waals surface area contributed by atoms with E-state index in [-0.39, 0.29) is 11.9 Å². The molecule has 0 atom stereocenters. The predicted octanol–water partition coefficient (Wildman–Crippen LogP) is 3.55. The first-order chi connectivity index (χ1) is 17.4. The summed E-state index contributed by atoms with van der Waals surface area (Å²) in [5.74, 6) is 2.48. The fourth-order valence-corrected chi connectivity index (χ4v) is 6.25. The van der Waals surface area contributed by atoms with E-state index in [2.05, 4.69) is 60.8 Å². The van der Waals surface area contributed by atoms with E-state index in [1.807, 2.05) is 0 Å². The first-order valence-corrected chi connectivity index (χ1v) is 15.3. The molecule has 0 amide bonds. The Morgan fingerprint density at radius 3 is 2.11 bits per heavy atom. The topological polar surface area (TPSA) is 69.8 Å². The van der Waals surface area contributed by atoms with Gasteiger partial charge >= 0.3 is 0 Å². The number of rotatable bonds is 14. The summed E-state index contributed by atoms with van der Waals surface area (Å²) in [6.07, 6.45) is 11.1. The molecule has 212 valence electrons. The summed E-state index contributed by atoms with van der Waals surface area (Å²) in [6.45, 7) is 20.2. The van der Waals surface area contributed by atoms with Crippen LogP contribution in [0.25, 0.3) is 0 Å². The Bertz CT molecular complexity index is 559. The largest absolute Gasteiger partial charge is 0.377 e. The Morgan fingerprint density at radius 2 is 1.50 bits per heavy atom. The minimum absolute atomic E-state index is 0.0320. The van der Waals surface area contributed by atoms with Crippen LogP contribution in [0.2, 0.25) is 0 Å². The summed E-state index contributed by atoms with van der Waals surface area (Å²) in [4.78, 5) is 2.44. The van der Waals surface area contributed by atoms with Crippen molar-refractivity contribution in [3.05, 3.63) is 0 Å². The van der Waals surface area contributed by atoms with Crippen molar-refractivity contribution in [3.8, 4) is 0 Å². The molecule has 7 nitrogen and oxygen atoms in total. The maximum Gasteiger partial charge on any atom is 0.112 e. The quantitative estimate of drug-likeness (QED) is 0.267. The molecular formula is C29H59N5O2. The molecule has 3 fully saturated rings. The summed E-state index contributed by atoms with van der Waals surface area (Å²) in [7, 11) is 0. The summed E-state index contributed by atoms with van der Waals surface area (Å²) < 4.78 is 12.0. The second kappa shape index (κ2) is 16.0. The number of nitrogens with zero attached hydrogens (tertiary/aromatic N) is 1. The maximum atomic E-state index is 6.18. The van der Waals surface area contributed by atoms with Crippen LogP contribution in [-0.4, -0.2) is 88.0 Å². The first-order valence-electron chi connectivity index (χ1n) is 15.3. The fourth-order valence-electron chi connectivity index (χ4n) is 6.25. The van der Waals surface area contributed by atoms with Crippen molar-refractivity contribution < 1.29 is 9.47 Å². The summed E-state index contributed by atoms with van der Waals surface area (Å²) >= 11 is 0. The van der Waals surface area contributed by atoms with E-state index in [0.717, 1.165) is 76.8 Å². The average molecular weight is 510 g/mol. The first kappa shape index (κ1) is 30.3. The van der Waals surface area contributed by atoms with Crippen LogP contribution in [0.5, 0.6) is 0 Å². The van der Waals surface area contributed by atoms with Gasteiger partial charge in [-0.15, -0.1) is 0 Å². The van der Waals surface area contributed by atoms with Crippen molar-refractivity contribution in [1.82, 2.24) is 26.2 Å². The molecule has 2 saturated carbocycles. The van der Waals surface area contributed by atoms with Gasteiger partial charge in [-0.05, 0) is 110 Å². The monoisotopic (exact) mass is 509 g/mol. The van der Waals surface area contributed by atoms with Crippen LogP contribution in [0.3, 0.4) is 0 Å². The zero-order valence-corrected chi connectivity index (χ0v) is 24.2. The zero-order chi connectivity index (χ0) is 25.8. The van der Waals surface area contributed by atoms with E-state index in [9.17, 15) is 0 Å². The molecular weight excluding hydrogens is 450 g/mol. The van der Waals surface area contributed by atoms with Gasteiger partial charge in [0.15, 0.2) is 0 Å². The minimum atomic E-state index is -0.0320. The van der Waals surface area contributed by atoms with Crippen LogP contribution < -0.4 is 21.3 Å². The SMILES string of the molecule is CCN(CC)CCOC1CCC(NC2NCC(C3CCC(CNCCOC(C)(C)C)CC3)CN2)CC1. The summed E-state index contributed by atoms with van der Waals surface area (Å²) in [5.41, 5.74) is -0.0320. The number of nitrogens with one attached hydrogen (secondary N) is 4. The minimum Gasteiger partial charge on any atom is -0.377 e. The second-order valence-corrected chi connectivity index (χ2v) is 12.5. The van der Waals surface area contributed by atoms with Gasteiger partial charge in [-0.1, -0.05) is 13.8 Å². The molecule has 0 spiro atoms. The molecule has 3 rings (SSSR count). The van der Waals surface area contributed by atoms with Crippen molar-refractivity contribution in [2.45, 2.75) is 110 Å². The Morgan fingerprint density at radius 1 is 0.833 bits per heavy atom. The third kappa shape index (κ3) is 11.2. The lowest BCUT2D eigenvalue weighted by Gasteiger charge is -2.40. The fraction of sp³-hybridized carbons (Fsp3) is 1.00. The van der Waals surface area contributed by atoms with Crippen LogP contribution in [0.4, 0.5) is 0 Å². The smallest absolute Gasteiger partial charge is 0.112 e. The third-order valence-electron chi connectivity index (χ3n) is 8.71. The number of hydrogen-bond acceptors (Lipinski definition) is 7. The highest BCUT2D eigenvalue weighted by Gasteiger charge is 2.31. The Balaban J connectivity index is 1.21. The highest BCUT2D eigenvalue weighted by atomic mass is 16.5. The lowest BCUT2D eigenvalue weighted by Crippen LogP contribution is -2.63. The number of ether oxygens (including phenoxy) is 2. The molecule has 0 radical (unpaired) electrons. The second-order valence-electron chi connectivity index (χ2n) is 12.5. The van der Waals surface area contributed by atoms with Gasteiger partial charge in [0, 0.05) is 32.2 Å². The van der Waals surface area contributed by atoms with Gasteiger partial charge in [-0.25, -0.2) is 0 Å². The highest BCUT2D eigenvalue weighted by molar-refractivity contribution is 4.87. The van der Waals surface area contributed by atoms with Crippen LogP contribution in [0, 0.1) is 17.8 Å². The van der Waals surface area contributed by atoms with Gasteiger partial charge in [-0.2, -0.15) is 0 Å². The highest BCUT2D eigenvalue weighted by Crippen LogP contribution is 2.33. The van der Waals surface area contributed by atoms with Crippen molar-refractivity contribution in [3.63, 3.8) is 0 Å². The Hall–Kier alpha value is -0.280. The lowest BCUT2D eigenvalue weighted by molar-refractivity contribution is -0.00121. The number of likely N-dealkylation sites (N-methyl/N-ethyl adjacent to an activating group) is 1. The predicted molar refractivity (Wildman–Crippen MR) is 150 cm³/mol. The van der Waals surface area contributed by atoms with Crippen molar-refractivity contribution >= 4 is 0 Å². The van der Waals surface area contributed by atoms with E-state index >= 15 is 0 Å². The normalized spacial score (nSPS) is 32.2. The van der Waals surface area contributed by atoms with Crippen molar-refractivity contribution in [2.75, 3.05) is 59.0 Å². The van der Waals surface area contributed by atoms with Crippen LogP contribution in [-0.2, 0) is 9.47 Å². The van der Waals surface area contributed by atoms with E-state index in [1.54, 1.807) is 0 Å². The van der Waals surface area contributed by atoms with Crippen molar-refractivity contribution in [2.24, 2.45) is 17.8 Å². The summed E-state index contributed by atoms with van der Waals surface area (Å²) in [6, 6.07) is 0.603. The van der Waals surface area contributed by atoms with E-state index < -0.39 is 0 Å². The molecule has 4 N–H and O–H groups in total. The molecule has 7 heteroatoms. The third-order valence-corrected chi connectivity index (χ3v) is 8.71. The molecule has 1 aliphatic heterocycles. The molecule has 1 heterocycles. The maximum absolute atomic E-state index is 6.18. The molecule has 0 aromatic carbocycles. The van der Waals surface area contributed by atoms with Gasteiger partial charge in [-0.3, -0.25) is 16.0 Å². The molecule has 0 unspecified atom stereocenters. The van der Waals surface area contributed by atoms with E-state index in [4.69, 9.17) is 9.47 Å². The molecule has 0 aromatic rings. The van der Waals surface area contributed by atoms with Gasteiger partial charge in [0.25, 0.3) is 0 Å². The molecule has 0 aromatic heterocycles. The van der Waals surface area contributed by atoms with E-state index in [0.29, 0.717) is 12.1 Å². The Labute approximate surface area is 222 Å². The Kier molecular flexibility index (Phi) is 13.4. The lowest BCUT2D eigenvalue weighted by atomic mass is 9.75. The molecule has 0 bridgehead atoms. The molecule has 1 saturated heterocycles. The van der Waals surface area contributed by atoms with Gasteiger partial charge in [0.05, 0.1) is 24.9 Å². The number of hydrogen-bond donors (Lipinski definition) is 4. The zero-order valence-electron chi connectivity index (χ0n) is 24.2.